The zero-order valence-electron chi connectivity index (χ0n) is 19.0. The summed E-state index contributed by atoms with van der Waals surface area (Å²) >= 11 is 0. The molecule has 9 heteroatoms. The Bertz CT molecular complexity index is 1500. The topological polar surface area (TPSA) is 106 Å². The maximum Gasteiger partial charge on any atom is 0.294 e. The van der Waals surface area contributed by atoms with Gasteiger partial charge in [-0.3, -0.25) is 4.55 Å². The molecule has 0 saturated carbocycles. The van der Waals surface area contributed by atoms with Crippen molar-refractivity contribution in [2.24, 2.45) is 5.92 Å². The van der Waals surface area contributed by atoms with Crippen LogP contribution in [0.15, 0.2) is 94.9 Å². The number of aryl methyl sites for hydroxylation is 1. The van der Waals surface area contributed by atoms with Crippen molar-refractivity contribution in [1.29, 1.82) is 0 Å². The average molecular weight is 499 g/mol. The van der Waals surface area contributed by atoms with E-state index in [9.17, 15) is 16.8 Å². The van der Waals surface area contributed by atoms with E-state index in [-0.39, 0.29) is 9.79 Å². The molecule has 178 valence electrons. The predicted molar refractivity (Wildman–Crippen MR) is 134 cm³/mol. The number of fused-ring (bicyclic) bond motifs is 1. The third-order valence-electron chi connectivity index (χ3n) is 4.80. The quantitative estimate of drug-likeness (QED) is 0.380. The van der Waals surface area contributed by atoms with E-state index in [1.165, 1.54) is 16.1 Å². The van der Waals surface area contributed by atoms with E-state index in [2.05, 4.69) is 4.98 Å². The molecule has 0 aliphatic rings. The number of aromatic nitrogens is 2. The number of hydrogen-bond acceptors (Lipinski definition) is 5. The molecule has 34 heavy (non-hydrogen) atoms. The van der Waals surface area contributed by atoms with E-state index in [0.717, 1.165) is 10.9 Å². The average Bonchev–Trinajstić information content (AvgIpc) is 3.18. The molecule has 0 unspecified atom stereocenters. The Morgan fingerprint density at radius 2 is 1.53 bits per heavy atom. The summed E-state index contributed by atoms with van der Waals surface area (Å²) in [5.41, 5.74) is 2.01. The summed E-state index contributed by atoms with van der Waals surface area (Å²) in [5, 5.41) is 0.801. The number of nitrogens with zero attached hydrogens (tertiary/aromatic N) is 2. The smallest absolute Gasteiger partial charge is 0.282 e. The van der Waals surface area contributed by atoms with Crippen LogP contribution in [0.4, 0.5) is 0 Å². The molecular weight excluding hydrogens is 472 g/mol. The second kappa shape index (κ2) is 10.3. The van der Waals surface area contributed by atoms with Gasteiger partial charge in [-0.1, -0.05) is 55.8 Å². The molecule has 0 amide bonds. The SMILES string of the molecule is CC(C)C=Cc1cc2cccnc2n1S(=O)(=O)c1ccccc1.Cc1ccc(S(=O)(=O)O)cc1. The first-order valence-electron chi connectivity index (χ1n) is 10.5. The van der Waals surface area contributed by atoms with Crippen molar-refractivity contribution in [1.82, 2.24) is 8.96 Å². The molecule has 2 heterocycles. The maximum absolute atomic E-state index is 13.1. The van der Waals surface area contributed by atoms with Crippen LogP contribution in [0.1, 0.15) is 25.1 Å². The van der Waals surface area contributed by atoms with E-state index < -0.39 is 20.1 Å². The van der Waals surface area contributed by atoms with Gasteiger partial charge in [-0.05, 0) is 61.4 Å². The van der Waals surface area contributed by atoms with Gasteiger partial charge in [-0.15, -0.1) is 0 Å². The second-order valence-corrected chi connectivity index (χ2v) is 11.2. The highest BCUT2D eigenvalue weighted by atomic mass is 32.2. The van der Waals surface area contributed by atoms with Gasteiger partial charge in [0.25, 0.3) is 20.1 Å². The minimum absolute atomic E-state index is 0.0666. The third kappa shape index (κ3) is 5.99. The minimum atomic E-state index is -4.02. The molecule has 4 aromatic rings. The summed E-state index contributed by atoms with van der Waals surface area (Å²) in [7, 11) is -7.72. The summed E-state index contributed by atoms with van der Waals surface area (Å²) in [4.78, 5) is 4.46. The summed E-state index contributed by atoms with van der Waals surface area (Å²) < 4.78 is 57.0. The van der Waals surface area contributed by atoms with E-state index in [1.54, 1.807) is 54.7 Å². The molecule has 2 aromatic heterocycles. The molecule has 0 bridgehead atoms. The second-order valence-electron chi connectivity index (χ2n) is 7.96. The molecule has 0 fully saturated rings. The summed E-state index contributed by atoms with van der Waals surface area (Å²) in [6, 6.07) is 19.9. The summed E-state index contributed by atoms with van der Waals surface area (Å²) in [6.45, 7) is 5.94. The molecule has 0 saturated heterocycles. The molecule has 1 N–H and O–H groups in total. The van der Waals surface area contributed by atoms with Crippen molar-refractivity contribution in [3.8, 4) is 0 Å². The lowest BCUT2D eigenvalue weighted by molar-refractivity contribution is 0.483. The number of benzene rings is 2. The van der Waals surface area contributed by atoms with Gasteiger partial charge in [-0.2, -0.15) is 8.42 Å². The Morgan fingerprint density at radius 1 is 0.882 bits per heavy atom. The summed E-state index contributed by atoms with van der Waals surface area (Å²) in [5.74, 6) is 0.328. The van der Waals surface area contributed by atoms with Crippen LogP contribution >= 0.6 is 0 Å². The Kier molecular flexibility index (Phi) is 7.71. The van der Waals surface area contributed by atoms with Crippen LogP contribution in [0.3, 0.4) is 0 Å². The van der Waals surface area contributed by atoms with Gasteiger partial charge in [0.05, 0.1) is 15.5 Å². The molecule has 0 atom stereocenters. The molecular formula is C25H26N2O5S2. The number of hydrogen-bond donors (Lipinski definition) is 1. The lowest BCUT2D eigenvalue weighted by atomic mass is 10.2. The van der Waals surface area contributed by atoms with Gasteiger partial charge in [0.2, 0.25) is 0 Å². The van der Waals surface area contributed by atoms with E-state index in [4.69, 9.17) is 4.55 Å². The molecule has 0 aliphatic carbocycles. The van der Waals surface area contributed by atoms with Crippen molar-refractivity contribution in [3.05, 3.63) is 96.3 Å². The number of pyridine rings is 1. The standard InChI is InChI=1S/C18H18N2O2S.C7H8O3S/c1-14(2)10-11-16-13-15-7-6-12-19-18(15)20(16)23(21,22)17-8-4-3-5-9-17;1-6-2-4-7(5-3-6)11(8,9)10/h3-14H,1-2H3;2-5H,1H3,(H,8,9,10). The minimum Gasteiger partial charge on any atom is -0.282 e. The Morgan fingerprint density at radius 3 is 2.12 bits per heavy atom. The third-order valence-corrected chi connectivity index (χ3v) is 7.40. The Balaban J connectivity index is 0.000000248. The van der Waals surface area contributed by atoms with Crippen molar-refractivity contribution in [2.45, 2.75) is 30.6 Å². The van der Waals surface area contributed by atoms with Crippen LogP contribution in [-0.4, -0.2) is 30.3 Å². The fraction of sp³-hybridized carbons (Fsp3) is 0.160. The fourth-order valence-corrected chi connectivity index (χ4v) is 5.06. The first kappa shape index (κ1) is 25.4. The van der Waals surface area contributed by atoms with Gasteiger partial charge in [0.15, 0.2) is 5.65 Å². The van der Waals surface area contributed by atoms with E-state index in [1.807, 2.05) is 45.1 Å². The first-order valence-corrected chi connectivity index (χ1v) is 13.4. The molecule has 4 rings (SSSR count). The normalized spacial score (nSPS) is 12.1. The van der Waals surface area contributed by atoms with E-state index >= 15 is 0 Å². The van der Waals surface area contributed by atoms with Crippen LogP contribution in [-0.2, 0) is 20.1 Å². The van der Waals surface area contributed by atoms with Gasteiger partial charge in [0, 0.05) is 11.6 Å². The van der Waals surface area contributed by atoms with E-state index in [0.29, 0.717) is 17.3 Å². The highest BCUT2D eigenvalue weighted by Gasteiger charge is 2.22. The van der Waals surface area contributed by atoms with Crippen LogP contribution in [0.2, 0.25) is 0 Å². The predicted octanol–water partition coefficient (Wildman–Crippen LogP) is 5.18. The number of rotatable bonds is 5. The zero-order valence-corrected chi connectivity index (χ0v) is 20.7. The van der Waals surface area contributed by atoms with Gasteiger partial charge in [0.1, 0.15) is 0 Å². The molecule has 0 aliphatic heterocycles. The van der Waals surface area contributed by atoms with Crippen molar-refractivity contribution in [3.63, 3.8) is 0 Å². The fourth-order valence-electron chi connectivity index (χ4n) is 3.10. The van der Waals surface area contributed by atoms with Gasteiger partial charge >= 0.3 is 0 Å². The monoisotopic (exact) mass is 498 g/mol. The highest BCUT2D eigenvalue weighted by Crippen LogP contribution is 2.25. The van der Waals surface area contributed by atoms with Gasteiger partial charge < -0.3 is 0 Å². The van der Waals surface area contributed by atoms with Crippen molar-refractivity contribution >= 4 is 37.3 Å². The number of allylic oxidation sites excluding steroid dienone is 1. The van der Waals surface area contributed by atoms with Crippen molar-refractivity contribution in [2.75, 3.05) is 0 Å². The molecule has 2 aromatic carbocycles. The highest BCUT2D eigenvalue weighted by molar-refractivity contribution is 7.90. The zero-order chi connectivity index (χ0) is 24.9. The van der Waals surface area contributed by atoms with Crippen LogP contribution in [0.25, 0.3) is 17.1 Å². The molecule has 0 radical (unpaired) electrons. The van der Waals surface area contributed by atoms with Crippen LogP contribution < -0.4 is 0 Å². The molecule has 7 nitrogen and oxygen atoms in total. The van der Waals surface area contributed by atoms with Gasteiger partial charge in [-0.25, -0.2) is 17.4 Å². The maximum atomic E-state index is 13.1. The largest absolute Gasteiger partial charge is 0.294 e. The Labute approximate surface area is 200 Å². The van der Waals surface area contributed by atoms with Crippen LogP contribution in [0.5, 0.6) is 0 Å². The molecule has 0 spiro atoms. The summed E-state index contributed by atoms with van der Waals surface area (Å²) in [6.07, 6.45) is 5.42. The lowest BCUT2D eigenvalue weighted by Crippen LogP contribution is -2.14. The first-order chi connectivity index (χ1) is 16.0. The van der Waals surface area contributed by atoms with Crippen molar-refractivity contribution < 1.29 is 21.4 Å². The Hall–Kier alpha value is -3.27. The van der Waals surface area contributed by atoms with Crippen LogP contribution in [0, 0.1) is 12.8 Å². The lowest BCUT2D eigenvalue weighted by Gasteiger charge is -2.09.